The summed E-state index contributed by atoms with van der Waals surface area (Å²) >= 11 is 0. The van der Waals surface area contributed by atoms with Crippen LogP contribution in [0.2, 0.25) is 0 Å². The van der Waals surface area contributed by atoms with E-state index in [9.17, 15) is 0 Å². The molecule has 0 radical (unpaired) electrons. The third-order valence-electron chi connectivity index (χ3n) is 5.66. The number of nitrogens with zero attached hydrogens (tertiary/aromatic N) is 2. The third-order valence-corrected chi connectivity index (χ3v) is 5.66. The van der Waals surface area contributed by atoms with E-state index in [4.69, 9.17) is 10.5 Å². The number of ether oxygens (including phenoxy) is 1. The van der Waals surface area contributed by atoms with Crippen LogP contribution >= 0.6 is 0 Å². The molecule has 150 valence electrons. The molecule has 0 bridgehead atoms. The van der Waals surface area contributed by atoms with Crippen molar-refractivity contribution in [2.75, 3.05) is 32.0 Å². The van der Waals surface area contributed by atoms with Crippen LogP contribution in [0, 0.1) is 13.8 Å². The van der Waals surface area contributed by atoms with Crippen LogP contribution in [-0.4, -0.2) is 36.1 Å². The molecule has 4 nitrogen and oxygen atoms in total. The van der Waals surface area contributed by atoms with Gasteiger partial charge in [0.2, 0.25) is 0 Å². The van der Waals surface area contributed by atoms with Gasteiger partial charge < -0.3 is 10.5 Å². The highest BCUT2D eigenvalue weighted by molar-refractivity contribution is 5.85. The molecule has 1 fully saturated rings. The van der Waals surface area contributed by atoms with Crippen molar-refractivity contribution in [2.24, 2.45) is 0 Å². The van der Waals surface area contributed by atoms with E-state index in [2.05, 4.69) is 41.1 Å². The molecule has 1 saturated heterocycles. The maximum absolute atomic E-state index is 6.10. The molecule has 4 rings (SSSR count). The van der Waals surface area contributed by atoms with Gasteiger partial charge in [-0.25, -0.2) is 0 Å². The van der Waals surface area contributed by atoms with Crippen molar-refractivity contribution >= 4 is 22.7 Å². The lowest BCUT2D eigenvalue weighted by Gasteiger charge is -2.28. The molecule has 2 heterocycles. The van der Waals surface area contributed by atoms with Gasteiger partial charge >= 0.3 is 0 Å². The van der Waals surface area contributed by atoms with Crippen molar-refractivity contribution in [3.05, 3.63) is 70.9 Å². The molecule has 1 aliphatic heterocycles. The smallest absolute Gasteiger partial charge is 0.128 e. The van der Waals surface area contributed by atoms with E-state index >= 15 is 0 Å². The van der Waals surface area contributed by atoms with E-state index in [1.54, 1.807) is 0 Å². The van der Waals surface area contributed by atoms with Crippen LogP contribution in [0.3, 0.4) is 0 Å². The number of likely N-dealkylation sites (tertiary alicyclic amines) is 1. The van der Waals surface area contributed by atoms with Crippen molar-refractivity contribution < 1.29 is 4.74 Å². The Morgan fingerprint density at radius 1 is 1.07 bits per heavy atom. The lowest BCUT2D eigenvalue weighted by Crippen LogP contribution is -2.34. The summed E-state index contributed by atoms with van der Waals surface area (Å²) in [4.78, 5) is 7.07. The topological polar surface area (TPSA) is 51.4 Å². The quantitative estimate of drug-likeness (QED) is 0.627. The van der Waals surface area contributed by atoms with Crippen LogP contribution in [0.1, 0.15) is 29.7 Å². The van der Waals surface area contributed by atoms with E-state index in [1.807, 2.05) is 37.3 Å². The number of hydrogen-bond acceptors (Lipinski definition) is 4. The maximum Gasteiger partial charge on any atom is 0.128 e. The number of aryl methyl sites for hydroxylation is 2. The number of benzene rings is 2. The second-order valence-corrected chi connectivity index (χ2v) is 7.88. The first-order valence-corrected chi connectivity index (χ1v) is 10.4. The minimum absolute atomic E-state index is 0.695. The summed E-state index contributed by atoms with van der Waals surface area (Å²) in [6, 6.07) is 16.4. The van der Waals surface area contributed by atoms with Gasteiger partial charge in [0.25, 0.3) is 0 Å². The molecule has 4 heteroatoms. The number of anilines is 1. The van der Waals surface area contributed by atoms with Gasteiger partial charge in [-0.1, -0.05) is 23.8 Å². The molecule has 0 saturated carbocycles. The summed E-state index contributed by atoms with van der Waals surface area (Å²) in [5.41, 5.74) is 12.8. The average Bonchev–Trinajstić information content (AvgIpc) is 2.72. The van der Waals surface area contributed by atoms with Crippen LogP contribution in [0.4, 0.5) is 5.69 Å². The summed E-state index contributed by atoms with van der Waals surface area (Å²) in [6.07, 6.45) is 4.53. The molecule has 2 aromatic carbocycles. The first kappa shape index (κ1) is 19.5. The number of nitrogens with two attached hydrogens (primary N) is 1. The molecular formula is C25H29N3O. The molecular weight excluding hydrogens is 358 g/mol. The van der Waals surface area contributed by atoms with E-state index in [0.29, 0.717) is 6.61 Å². The van der Waals surface area contributed by atoms with Gasteiger partial charge in [0.05, 0.1) is 5.52 Å². The standard InChI is InChI=1S/C25H29N3O/c1-18-6-8-22(26)17-21(18)16-20-10-12-28(13-11-20)14-15-29-25-5-3-4-24-23(25)9-7-19(2)27-24/h3-9,16-17H,10-15,26H2,1-2H3. The summed E-state index contributed by atoms with van der Waals surface area (Å²) in [5.74, 6) is 0.921. The van der Waals surface area contributed by atoms with Gasteiger partial charge in [0.15, 0.2) is 0 Å². The van der Waals surface area contributed by atoms with Crippen molar-refractivity contribution in [1.29, 1.82) is 0 Å². The SMILES string of the molecule is Cc1ccc2c(OCCN3CCC(=Cc4cc(N)ccc4C)CC3)cccc2n1. The fourth-order valence-electron chi connectivity index (χ4n) is 3.88. The molecule has 1 aliphatic rings. The zero-order chi connectivity index (χ0) is 20.2. The summed E-state index contributed by atoms with van der Waals surface area (Å²) < 4.78 is 6.10. The van der Waals surface area contributed by atoms with Gasteiger partial charge in [-0.3, -0.25) is 9.88 Å². The Balaban J connectivity index is 1.31. The minimum Gasteiger partial charge on any atom is -0.492 e. The molecule has 3 aromatic rings. The molecule has 2 N–H and O–H groups in total. The average molecular weight is 388 g/mol. The maximum atomic E-state index is 6.10. The Kier molecular flexibility index (Phi) is 5.81. The lowest BCUT2D eigenvalue weighted by molar-refractivity contribution is 0.200. The van der Waals surface area contributed by atoms with E-state index in [-0.39, 0.29) is 0 Å². The zero-order valence-corrected chi connectivity index (χ0v) is 17.3. The Bertz CT molecular complexity index is 1030. The predicted molar refractivity (Wildman–Crippen MR) is 121 cm³/mol. The second kappa shape index (κ2) is 8.66. The molecule has 0 spiro atoms. The van der Waals surface area contributed by atoms with Gasteiger partial charge in [0.1, 0.15) is 12.4 Å². The largest absolute Gasteiger partial charge is 0.492 e. The molecule has 0 amide bonds. The fourth-order valence-corrected chi connectivity index (χ4v) is 3.88. The number of piperidine rings is 1. The van der Waals surface area contributed by atoms with Crippen molar-refractivity contribution in [3.8, 4) is 5.75 Å². The summed E-state index contributed by atoms with van der Waals surface area (Å²) in [6.45, 7) is 7.95. The van der Waals surface area contributed by atoms with Gasteiger partial charge in [-0.05, 0) is 74.2 Å². The van der Waals surface area contributed by atoms with Crippen molar-refractivity contribution in [3.63, 3.8) is 0 Å². The highest BCUT2D eigenvalue weighted by atomic mass is 16.5. The van der Waals surface area contributed by atoms with E-state index < -0.39 is 0 Å². The van der Waals surface area contributed by atoms with Crippen LogP contribution in [0.15, 0.2) is 54.1 Å². The third kappa shape index (κ3) is 4.77. The first-order valence-electron chi connectivity index (χ1n) is 10.4. The van der Waals surface area contributed by atoms with E-state index in [0.717, 1.165) is 60.5 Å². The lowest BCUT2D eigenvalue weighted by atomic mass is 9.98. The highest BCUT2D eigenvalue weighted by Crippen LogP contribution is 2.25. The monoisotopic (exact) mass is 387 g/mol. The molecule has 0 aliphatic carbocycles. The predicted octanol–water partition coefficient (Wildman–Crippen LogP) is 4.99. The molecule has 1 aromatic heterocycles. The normalized spacial score (nSPS) is 14.9. The van der Waals surface area contributed by atoms with Crippen LogP contribution in [0.25, 0.3) is 17.0 Å². The van der Waals surface area contributed by atoms with Crippen LogP contribution in [-0.2, 0) is 0 Å². The van der Waals surface area contributed by atoms with Gasteiger partial charge in [-0.15, -0.1) is 0 Å². The Morgan fingerprint density at radius 3 is 2.72 bits per heavy atom. The van der Waals surface area contributed by atoms with E-state index in [1.165, 1.54) is 16.7 Å². The van der Waals surface area contributed by atoms with Gasteiger partial charge in [0, 0.05) is 36.4 Å². The van der Waals surface area contributed by atoms with Crippen molar-refractivity contribution in [2.45, 2.75) is 26.7 Å². The minimum atomic E-state index is 0.695. The van der Waals surface area contributed by atoms with Crippen LogP contribution < -0.4 is 10.5 Å². The van der Waals surface area contributed by atoms with Crippen LogP contribution in [0.5, 0.6) is 5.75 Å². The molecule has 29 heavy (non-hydrogen) atoms. The zero-order valence-electron chi connectivity index (χ0n) is 17.3. The number of fused-ring (bicyclic) bond motifs is 1. The first-order chi connectivity index (χ1) is 14.1. The van der Waals surface area contributed by atoms with Crippen molar-refractivity contribution in [1.82, 2.24) is 9.88 Å². The fraction of sp³-hybridized carbons (Fsp3) is 0.320. The number of rotatable bonds is 5. The number of aromatic nitrogens is 1. The Morgan fingerprint density at radius 2 is 1.90 bits per heavy atom. The second-order valence-electron chi connectivity index (χ2n) is 7.88. The number of nitrogen functional groups attached to an aromatic ring is 1. The van der Waals surface area contributed by atoms with Gasteiger partial charge in [-0.2, -0.15) is 0 Å². The molecule has 0 unspecified atom stereocenters. The number of pyridine rings is 1. The number of hydrogen-bond donors (Lipinski definition) is 1. The molecule has 0 atom stereocenters. The highest BCUT2D eigenvalue weighted by Gasteiger charge is 2.14. The summed E-state index contributed by atoms with van der Waals surface area (Å²) in [7, 11) is 0. The Hall–Kier alpha value is -2.85. The Labute approximate surface area is 173 Å². The summed E-state index contributed by atoms with van der Waals surface area (Å²) in [5, 5.41) is 1.08.